The lowest BCUT2D eigenvalue weighted by Gasteiger charge is -2.45. The molecule has 2 saturated heterocycles. The Kier molecular flexibility index (Phi) is 17.0. The molecule has 0 aromatic carbocycles. The Labute approximate surface area is 270 Å². The first-order valence-corrected chi connectivity index (χ1v) is 15.2. The maximum absolute atomic E-state index is 13.1. The Hall–Kier alpha value is -3.27. The summed E-state index contributed by atoms with van der Waals surface area (Å²) in [5.41, 5.74) is -1.18. The highest BCUT2D eigenvalue weighted by atomic mass is 32.2. The van der Waals surface area contributed by atoms with Crippen LogP contribution in [-0.2, 0) is 76.1 Å². The molecule has 0 radical (unpaired) electrons. The smallest absolute Gasteiger partial charge is 0.303 e. The molecule has 2 rings (SSSR count). The number of ether oxygens (including phenoxy) is 10. The highest BCUT2D eigenvalue weighted by Gasteiger charge is 2.54. The van der Waals surface area contributed by atoms with Crippen LogP contribution in [0.5, 0.6) is 0 Å². The predicted octanol–water partition coefficient (Wildman–Crippen LogP) is 0.102. The molecular weight excluding hydrogens is 636 g/mol. The van der Waals surface area contributed by atoms with Crippen LogP contribution in [0.25, 0.3) is 0 Å². The summed E-state index contributed by atoms with van der Waals surface area (Å²) in [6.45, 7) is 5.84. The van der Waals surface area contributed by atoms with Crippen LogP contribution in [0.15, 0.2) is 0 Å². The number of carbonyl (C=O) groups excluding carboxylic acids is 6. The number of thioether (sulfide) groups is 1. The minimum absolute atomic E-state index is 0.00331. The van der Waals surface area contributed by atoms with Crippen molar-refractivity contribution in [1.29, 1.82) is 0 Å². The number of carbonyl (C=O) groups is 6. The van der Waals surface area contributed by atoms with Crippen molar-refractivity contribution in [3.63, 3.8) is 0 Å². The molecule has 0 aliphatic carbocycles. The molecule has 0 aromatic heterocycles. The van der Waals surface area contributed by atoms with Gasteiger partial charge in [-0.05, 0) is 0 Å². The van der Waals surface area contributed by atoms with Crippen LogP contribution >= 0.6 is 11.8 Å². The van der Waals surface area contributed by atoms with Gasteiger partial charge in [-0.15, -0.1) is 18.2 Å². The van der Waals surface area contributed by atoms with Gasteiger partial charge in [0.2, 0.25) is 6.29 Å². The van der Waals surface area contributed by atoms with Gasteiger partial charge in [-0.25, -0.2) is 0 Å². The Balaban J connectivity index is 2.27. The fourth-order valence-electron chi connectivity index (χ4n) is 4.40. The molecule has 0 bridgehead atoms. The molecule has 46 heavy (non-hydrogen) atoms. The SMILES string of the molecule is C#CCOCCOCCO[C@H]1O[C@H](COC(C)=O)[C@@H](S[C@@H]2O[C@H](COC(C)=O)[C@H](OC(C)=O)[C@H](OC(C)=O)[C@H]2OC(C)=O)CC1=O. The molecule has 17 heteroatoms. The van der Waals surface area contributed by atoms with E-state index in [2.05, 4.69) is 5.92 Å². The molecule has 2 aliphatic rings. The molecule has 16 nitrogen and oxygen atoms in total. The second-order valence-electron chi connectivity index (χ2n) is 9.96. The lowest BCUT2D eigenvalue weighted by Crippen LogP contribution is -2.62. The van der Waals surface area contributed by atoms with Crippen LogP contribution in [0.2, 0.25) is 0 Å². The third-order valence-corrected chi connectivity index (χ3v) is 7.61. The van der Waals surface area contributed by atoms with E-state index in [1.807, 2.05) is 0 Å². The van der Waals surface area contributed by atoms with Crippen molar-refractivity contribution >= 4 is 47.4 Å². The van der Waals surface area contributed by atoms with Crippen molar-refractivity contribution in [3.05, 3.63) is 0 Å². The van der Waals surface area contributed by atoms with E-state index in [-0.39, 0.29) is 46.1 Å². The van der Waals surface area contributed by atoms with Gasteiger partial charge in [-0.2, -0.15) is 0 Å². The number of terminal acetylenes is 1. The number of ketones is 1. The Morgan fingerprint density at radius 3 is 1.87 bits per heavy atom. The number of hydrogen-bond acceptors (Lipinski definition) is 17. The van der Waals surface area contributed by atoms with Gasteiger partial charge >= 0.3 is 29.8 Å². The van der Waals surface area contributed by atoms with E-state index in [1.165, 1.54) is 6.92 Å². The van der Waals surface area contributed by atoms with Crippen LogP contribution in [0.3, 0.4) is 0 Å². The van der Waals surface area contributed by atoms with Gasteiger partial charge < -0.3 is 47.4 Å². The molecular formula is C29H40O16S. The van der Waals surface area contributed by atoms with Crippen LogP contribution in [0.4, 0.5) is 0 Å². The minimum atomic E-state index is -1.39. The number of hydrogen-bond donors (Lipinski definition) is 0. The molecule has 2 aliphatic heterocycles. The summed E-state index contributed by atoms with van der Waals surface area (Å²) in [7, 11) is 0. The first-order valence-electron chi connectivity index (χ1n) is 14.3. The Bertz CT molecular complexity index is 1110. The van der Waals surface area contributed by atoms with E-state index in [9.17, 15) is 28.8 Å². The largest absolute Gasteiger partial charge is 0.463 e. The summed E-state index contributed by atoms with van der Waals surface area (Å²) in [4.78, 5) is 72.6. The summed E-state index contributed by atoms with van der Waals surface area (Å²) in [5.74, 6) is -1.71. The summed E-state index contributed by atoms with van der Waals surface area (Å²) in [6, 6.07) is 0. The Morgan fingerprint density at radius 2 is 1.28 bits per heavy atom. The highest BCUT2D eigenvalue weighted by molar-refractivity contribution is 8.00. The van der Waals surface area contributed by atoms with Gasteiger partial charge in [-0.1, -0.05) is 5.92 Å². The molecule has 0 amide bonds. The lowest BCUT2D eigenvalue weighted by atomic mass is 9.99. The van der Waals surface area contributed by atoms with E-state index in [0.29, 0.717) is 0 Å². The zero-order chi connectivity index (χ0) is 34.2. The van der Waals surface area contributed by atoms with Gasteiger partial charge in [-0.3, -0.25) is 28.8 Å². The van der Waals surface area contributed by atoms with Crippen molar-refractivity contribution < 1.29 is 76.1 Å². The second-order valence-corrected chi connectivity index (χ2v) is 11.3. The summed E-state index contributed by atoms with van der Waals surface area (Å²) >= 11 is 0.971. The molecule has 0 aromatic rings. The van der Waals surface area contributed by atoms with Crippen LogP contribution < -0.4 is 0 Å². The topological polar surface area (TPSA) is 195 Å². The zero-order valence-corrected chi connectivity index (χ0v) is 27.1. The van der Waals surface area contributed by atoms with Gasteiger partial charge in [0.1, 0.15) is 37.5 Å². The van der Waals surface area contributed by atoms with E-state index in [1.54, 1.807) is 0 Å². The standard InChI is InChI=1S/C29H40O16S/c1-7-8-36-9-10-37-11-12-38-28-21(35)13-24(22(44-28)14-39-16(2)30)46-29-27(43-20(6)34)26(42-19(5)33)25(41-18(4)32)23(45-29)15-40-17(3)31/h1,22-29H,8-15H2,2-6H3/t22-,23-,24+,25+,26+,27-,28+,29+/m1/s1. The molecule has 2 fully saturated rings. The summed E-state index contributed by atoms with van der Waals surface area (Å²) in [5, 5.41) is -0.767. The molecule has 0 N–H and O–H groups in total. The van der Waals surface area contributed by atoms with Gasteiger partial charge in [0.25, 0.3) is 0 Å². The van der Waals surface area contributed by atoms with Crippen molar-refractivity contribution in [1.82, 2.24) is 0 Å². The van der Waals surface area contributed by atoms with E-state index < -0.39 is 89.7 Å². The predicted molar refractivity (Wildman–Crippen MR) is 155 cm³/mol. The molecule has 2 heterocycles. The van der Waals surface area contributed by atoms with Crippen molar-refractivity contribution in [2.75, 3.05) is 46.2 Å². The van der Waals surface area contributed by atoms with E-state index in [4.69, 9.17) is 53.8 Å². The van der Waals surface area contributed by atoms with E-state index in [0.717, 1.165) is 39.5 Å². The van der Waals surface area contributed by atoms with Crippen molar-refractivity contribution in [2.45, 2.75) is 88.5 Å². The highest BCUT2D eigenvalue weighted by Crippen LogP contribution is 2.39. The van der Waals surface area contributed by atoms with Crippen molar-refractivity contribution in [3.8, 4) is 12.3 Å². The van der Waals surface area contributed by atoms with Crippen LogP contribution in [0, 0.1) is 12.3 Å². The average Bonchev–Trinajstić information content (AvgIpc) is 2.96. The van der Waals surface area contributed by atoms with Gasteiger partial charge in [0.15, 0.2) is 24.1 Å². The second kappa shape index (κ2) is 20.1. The van der Waals surface area contributed by atoms with Gasteiger partial charge in [0, 0.05) is 46.3 Å². The summed E-state index contributed by atoms with van der Waals surface area (Å²) in [6.07, 6.45) is -2.53. The number of Topliss-reactive ketones (excluding diaryl/α,β-unsaturated/α-hetero) is 1. The maximum Gasteiger partial charge on any atom is 0.303 e. The number of rotatable bonds is 17. The quantitative estimate of drug-likeness (QED) is 0.0870. The fourth-order valence-corrected chi connectivity index (χ4v) is 5.89. The molecule has 258 valence electrons. The minimum Gasteiger partial charge on any atom is -0.463 e. The molecule has 0 saturated carbocycles. The number of esters is 5. The Morgan fingerprint density at radius 1 is 0.739 bits per heavy atom. The first kappa shape index (κ1) is 38.9. The fraction of sp³-hybridized carbons (Fsp3) is 0.724. The van der Waals surface area contributed by atoms with Crippen LogP contribution in [-0.4, -0.2) is 129 Å². The normalized spacial score (nSPS) is 27.5. The third-order valence-electron chi connectivity index (χ3n) is 6.14. The van der Waals surface area contributed by atoms with E-state index >= 15 is 0 Å². The van der Waals surface area contributed by atoms with Crippen molar-refractivity contribution in [2.24, 2.45) is 0 Å². The molecule has 0 unspecified atom stereocenters. The third kappa shape index (κ3) is 13.6. The van der Waals surface area contributed by atoms with Gasteiger partial charge in [0.05, 0.1) is 26.4 Å². The first-order chi connectivity index (χ1) is 21.8. The van der Waals surface area contributed by atoms with Crippen LogP contribution in [0.1, 0.15) is 41.0 Å². The monoisotopic (exact) mass is 676 g/mol. The zero-order valence-electron chi connectivity index (χ0n) is 26.3. The lowest BCUT2D eigenvalue weighted by molar-refractivity contribution is -0.237. The summed E-state index contributed by atoms with van der Waals surface area (Å²) < 4.78 is 54.7. The average molecular weight is 677 g/mol. The maximum atomic E-state index is 13.1. The molecule has 0 spiro atoms. The molecule has 8 atom stereocenters.